The molecule has 1 heterocycles. The summed E-state index contributed by atoms with van der Waals surface area (Å²) in [7, 11) is 0. The van der Waals surface area contributed by atoms with Gasteiger partial charge in [0, 0.05) is 0 Å². The summed E-state index contributed by atoms with van der Waals surface area (Å²) in [5.41, 5.74) is -1.26. The number of hydrogen-bond donors (Lipinski definition) is 6. The number of fused-ring (bicyclic) bond motifs is 1. The van der Waals surface area contributed by atoms with E-state index in [9.17, 15) is 35.4 Å². The van der Waals surface area contributed by atoms with Crippen molar-refractivity contribution in [3.8, 4) is 45.6 Å². The summed E-state index contributed by atoms with van der Waals surface area (Å²) in [5.74, 6) is -4.79. The average Bonchev–Trinajstić information content (AvgIpc) is 2.53. The average molecular weight is 318 g/mol. The highest BCUT2D eigenvalue weighted by atomic mass is 16.4. The number of phenolic OH excluding ortho intramolecular Hbond substituents is 6. The van der Waals surface area contributed by atoms with Gasteiger partial charge in [-0.05, 0) is 17.7 Å². The summed E-state index contributed by atoms with van der Waals surface area (Å²) in [5, 5.41) is 56.8. The third kappa shape index (κ3) is 1.96. The van der Waals surface area contributed by atoms with Crippen molar-refractivity contribution in [3.63, 3.8) is 0 Å². The van der Waals surface area contributed by atoms with Gasteiger partial charge in [-0.1, -0.05) is 6.07 Å². The van der Waals surface area contributed by atoms with E-state index in [2.05, 4.69) is 0 Å². The molecule has 1 aromatic heterocycles. The van der Waals surface area contributed by atoms with Crippen molar-refractivity contribution in [1.29, 1.82) is 0 Å². The molecular formula is C15H10O8. The van der Waals surface area contributed by atoms with Crippen LogP contribution in [-0.4, -0.2) is 30.6 Å². The molecule has 0 fully saturated rings. The van der Waals surface area contributed by atoms with Crippen LogP contribution < -0.4 is 5.43 Å². The lowest BCUT2D eigenvalue weighted by Gasteiger charge is -2.09. The Morgan fingerprint density at radius 3 is 2.09 bits per heavy atom. The molecule has 0 aliphatic rings. The van der Waals surface area contributed by atoms with Crippen molar-refractivity contribution < 1.29 is 35.1 Å². The van der Waals surface area contributed by atoms with Crippen LogP contribution in [0.5, 0.6) is 34.5 Å². The largest absolute Gasteiger partial charge is 0.504 e. The third-order valence-electron chi connectivity index (χ3n) is 3.40. The van der Waals surface area contributed by atoms with Crippen LogP contribution in [0.3, 0.4) is 0 Å². The number of aromatic hydroxyl groups is 6. The number of rotatable bonds is 1. The van der Waals surface area contributed by atoms with Gasteiger partial charge in [-0.25, -0.2) is 0 Å². The minimum atomic E-state index is -1.06. The number of benzene rings is 2. The third-order valence-corrected chi connectivity index (χ3v) is 3.40. The molecule has 0 aliphatic heterocycles. The van der Waals surface area contributed by atoms with E-state index < -0.39 is 45.1 Å². The van der Waals surface area contributed by atoms with E-state index in [0.717, 1.165) is 18.4 Å². The molecule has 2 aromatic carbocycles. The maximum atomic E-state index is 12.5. The lowest BCUT2D eigenvalue weighted by Crippen LogP contribution is -2.05. The fourth-order valence-corrected chi connectivity index (χ4v) is 2.20. The molecule has 3 aromatic rings. The van der Waals surface area contributed by atoms with E-state index in [-0.39, 0.29) is 16.9 Å². The van der Waals surface area contributed by atoms with Gasteiger partial charge in [0.15, 0.2) is 22.8 Å². The predicted octanol–water partition coefficient (Wildman–Crippen LogP) is 1.69. The van der Waals surface area contributed by atoms with Crippen molar-refractivity contribution in [2.24, 2.45) is 0 Å². The number of phenols is 6. The Bertz CT molecular complexity index is 1000. The summed E-state index contributed by atoms with van der Waals surface area (Å²) in [6.07, 6.45) is 0.951. The molecule has 0 saturated carbocycles. The molecule has 0 spiro atoms. The first-order valence-electron chi connectivity index (χ1n) is 6.26. The predicted molar refractivity (Wildman–Crippen MR) is 77.9 cm³/mol. The molecule has 0 atom stereocenters. The maximum Gasteiger partial charge on any atom is 0.208 e. The van der Waals surface area contributed by atoms with Gasteiger partial charge >= 0.3 is 0 Å². The Labute approximate surface area is 127 Å². The molecule has 0 bridgehead atoms. The fourth-order valence-electron chi connectivity index (χ4n) is 2.20. The maximum absolute atomic E-state index is 12.5. The molecule has 23 heavy (non-hydrogen) atoms. The highest BCUT2D eigenvalue weighted by Crippen LogP contribution is 2.47. The van der Waals surface area contributed by atoms with Crippen molar-refractivity contribution in [1.82, 2.24) is 0 Å². The molecule has 0 amide bonds. The monoisotopic (exact) mass is 318 g/mol. The second-order valence-corrected chi connectivity index (χ2v) is 4.78. The van der Waals surface area contributed by atoms with E-state index in [4.69, 9.17) is 4.42 Å². The van der Waals surface area contributed by atoms with Crippen LogP contribution in [0.1, 0.15) is 0 Å². The van der Waals surface area contributed by atoms with Gasteiger partial charge in [-0.2, -0.15) is 0 Å². The molecule has 6 N–H and O–H groups in total. The van der Waals surface area contributed by atoms with Crippen LogP contribution in [0.15, 0.2) is 33.7 Å². The summed E-state index contributed by atoms with van der Waals surface area (Å²) < 4.78 is 5.07. The fraction of sp³-hybridized carbons (Fsp3) is 0. The normalized spacial score (nSPS) is 11.0. The Hall–Kier alpha value is -3.55. The molecule has 8 nitrogen and oxygen atoms in total. The second-order valence-electron chi connectivity index (χ2n) is 4.78. The first-order chi connectivity index (χ1) is 10.8. The van der Waals surface area contributed by atoms with Gasteiger partial charge in [0.05, 0.1) is 5.56 Å². The number of hydrogen-bond acceptors (Lipinski definition) is 8. The Balaban J connectivity index is 2.40. The Morgan fingerprint density at radius 1 is 0.783 bits per heavy atom. The smallest absolute Gasteiger partial charge is 0.208 e. The van der Waals surface area contributed by atoms with Crippen molar-refractivity contribution in [3.05, 3.63) is 34.7 Å². The van der Waals surface area contributed by atoms with Crippen LogP contribution in [0, 0.1) is 0 Å². The van der Waals surface area contributed by atoms with Crippen LogP contribution in [-0.2, 0) is 0 Å². The van der Waals surface area contributed by atoms with Gasteiger partial charge in [0.1, 0.15) is 11.6 Å². The van der Waals surface area contributed by atoms with E-state index in [0.29, 0.717) is 0 Å². The Morgan fingerprint density at radius 2 is 1.43 bits per heavy atom. The SMILES string of the molecule is O=c1c(-c2ccc(O)c(O)c2)coc2c(O)c(O)c(O)c(O)c12. The quantitative estimate of drug-likeness (QED) is 0.293. The zero-order valence-corrected chi connectivity index (χ0v) is 11.3. The standard InChI is InChI=1S/C15H10O8/c16-7-2-1-5(3-8(7)17)6-4-23-15-9(10(6)18)11(19)12(20)13(21)14(15)22/h1-4,16-17,19-22H. The van der Waals surface area contributed by atoms with Crippen molar-refractivity contribution >= 4 is 11.0 Å². The minimum absolute atomic E-state index is 0.104. The van der Waals surface area contributed by atoms with E-state index in [1.54, 1.807) is 0 Å². The summed E-state index contributed by atoms with van der Waals surface area (Å²) >= 11 is 0. The molecule has 8 heteroatoms. The first kappa shape index (κ1) is 14.4. The molecule has 0 radical (unpaired) electrons. The Kier molecular flexibility index (Phi) is 2.96. The minimum Gasteiger partial charge on any atom is -0.504 e. The molecule has 3 rings (SSSR count). The lowest BCUT2D eigenvalue weighted by molar-refractivity contribution is 0.346. The van der Waals surface area contributed by atoms with Gasteiger partial charge in [0.25, 0.3) is 0 Å². The van der Waals surface area contributed by atoms with Crippen LogP contribution in [0.2, 0.25) is 0 Å². The van der Waals surface area contributed by atoms with Crippen molar-refractivity contribution in [2.75, 3.05) is 0 Å². The van der Waals surface area contributed by atoms with Crippen LogP contribution >= 0.6 is 0 Å². The van der Waals surface area contributed by atoms with Gasteiger partial charge in [0.2, 0.25) is 22.7 Å². The molecule has 0 unspecified atom stereocenters. The van der Waals surface area contributed by atoms with Crippen LogP contribution in [0.4, 0.5) is 0 Å². The molecule has 0 saturated heterocycles. The van der Waals surface area contributed by atoms with Gasteiger partial charge in [-0.3, -0.25) is 4.79 Å². The zero-order valence-electron chi connectivity index (χ0n) is 11.3. The second kappa shape index (κ2) is 4.73. The van der Waals surface area contributed by atoms with E-state index >= 15 is 0 Å². The lowest BCUT2D eigenvalue weighted by atomic mass is 10.0. The van der Waals surface area contributed by atoms with E-state index in [1.165, 1.54) is 6.07 Å². The summed E-state index contributed by atoms with van der Waals surface area (Å²) in [4.78, 5) is 12.5. The van der Waals surface area contributed by atoms with E-state index in [1.807, 2.05) is 0 Å². The molecule has 0 aliphatic carbocycles. The molecule has 118 valence electrons. The highest BCUT2D eigenvalue weighted by Gasteiger charge is 2.23. The topological polar surface area (TPSA) is 152 Å². The first-order valence-corrected chi connectivity index (χ1v) is 6.26. The summed E-state index contributed by atoms with van der Waals surface area (Å²) in [6.45, 7) is 0. The van der Waals surface area contributed by atoms with Crippen LogP contribution in [0.25, 0.3) is 22.1 Å². The summed E-state index contributed by atoms with van der Waals surface area (Å²) in [6, 6.07) is 3.58. The molecular weight excluding hydrogens is 308 g/mol. The van der Waals surface area contributed by atoms with Gasteiger partial charge in [-0.15, -0.1) is 0 Å². The zero-order chi connectivity index (χ0) is 16.9. The highest BCUT2D eigenvalue weighted by molar-refractivity contribution is 5.95. The van der Waals surface area contributed by atoms with Gasteiger partial charge < -0.3 is 35.1 Å². The van der Waals surface area contributed by atoms with Crippen molar-refractivity contribution in [2.45, 2.75) is 0 Å².